The minimum atomic E-state index is -0.606. The van der Waals surface area contributed by atoms with Crippen molar-refractivity contribution in [2.24, 2.45) is 0 Å². The van der Waals surface area contributed by atoms with Gasteiger partial charge in [-0.15, -0.1) is 11.6 Å². The summed E-state index contributed by atoms with van der Waals surface area (Å²) in [6.45, 7) is 3.51. The lowest BCUT2D eigenvalue weighted by Crippen LogP contribution is -2.27. The Balaban J connectivity index is 2.11. The van der Waals surface area contributed by atoms with Gasteiger partial charge in [-0.1, -0.05) is 37.6 Å². The molecule has 0 spiro atoms. The first-order valence-corrected chi connectivity index (χ1v) is 7.27. The first kappa shape index (κ1) is 13.9. The maximum atomic E-state index is 5.86. The van der Waals surface area contributed by atoms with Crippen molar-refractivity contribution >= 4 is 11.6 Å². The van der Waals surface area contributed by atoms with Crippen molar-refractivity contribution in [2.45, 2.75) is 38.4 Å². The molecule has 0 saturated carbocycles. The largest absolute Gasteiger partial charge is 0.343 e. The lowest BCUT2D eigenvalue weighted by Gasteiger charge is -2.27. The van der Waals surface area contributed by atoms with E-state index in [-0.39, 0.29) is 0 Å². The highest BCUT2D eigenvalue weighted by Crippen LogP contribution is 2.35. The summed E-state index contributed by atoms with van der Waals surface area (Å²) >= 11 is 5.86. The number of ether oxygens (including phenoxy) is 2. The highest BCUT2D eigenvalue weighted by Gasteiger charge is 2.37. The smallest absolute Gasteiger partial charge is 0.196 e. The van der Waals surface area contributed by atoms with Crippen LogP contribution in [0.5, 0.6) is 0 Å². The van der Waals surface area contributed by atoms with Gasteiger partial charge in [0.25, 0.3) is 0 Å². The molecule has 1 aliphatic rings. The summed E-state index contributed by atoms with van der Waals surface area (Å²) in [5.41, 5.74) is 2.46. The Hall–Kier alpha value is -0.570. The van der Waals surface area contributed by atoms with Gasteiger partial charge in [0.2, 0.25) is 0 Å². The predicted molar refractivity (Wildman–Crippen MR) is 74.0 cm³/mol. The van der Waals surface area contributed by atoms with Crippen LogP contribution in [0.2, 0.25) is 0 Å². The summed E-state index contributed by atoms with van der Waals surface area (Å²) in [6.07, 6.45) is 4.30. The fourth-order valence-electron chi connectivity index (χ4n) is 2.34. The number of benzene rings is 1. The van der Waals surface area contributed by atoms with Gasteiger partial charge >= 0.3 is 0 Å². The van der Waals surface area contributed by atoms with Crippen LogP contribution in [0.1, 0.15) is 37.3 Å². The molecule has 18 heavy (non-hydrogen) atoms. The number of alkyl halides is 1. The molecule has 1 fully saturated rings. The third-order valence-electron chi connectivity index (χ3n) is 3.39. The number of rotatable bonds is 6. The normalized spacial score (nSPS) is 18.1. The van der Waals surface area contributed by atoms with Gasteiger partial charge in [0.05, 0.1) is 13.2 Å². The van der Waals surface area contributed by atoms with Crippen molar-refractivity contribution in [3.8, 4) is 0 Å². The van der Waals surface area contributed by atoms with Crippen molar-refractivity contribution in [1.82, 2.24) is 0 Å². The average Bonchev–Trinajstić information content (AvgIpc) is 2.87. The number of hydrogen-bond acceptors (Lipinski definition) is 2. The molecule has 2 rings (SSSR count). The SMILES string of the molecule is CCCCc1ccc(C2(CCCl)OCCO2)cc1. The standard InChI is InChI=1S/C15H21ClO2/c1-2-3-4-13-5-7-14(8-6-13)15(9-10-16)17-11-12-18-15/h5-8H,2-4,9-12H2,1H3. The molecule has 0 bridgehead atoms. The van der Waals surface area contributed by atoms with E-state index in [2.05, 4.69) is 31.2 Å². The first-order chi connectivity index (χ1) is 8.80. The predicted octanol–water partition coefficient (Wildman–Crippen LogP) is 3.86. The zero-order valence-corrected chi connectivity index (χ0v) is 11.7. The van der Waals surface area contributed by atoms with Gasteiger partial charge < -0.3 is 9.47 Å². The summed E-state index contributed by atoms with van der Waals surface area (Å²) in [5.74, 6) is -0.0668. The Kier molecular flexibility index (Phi) is 5.04. The molecule has 1 aliphatic heterocycles. The molecule has 0 atom stereocenters. The summed E-state index contributed by atoms with van der Waals surface area (Å²) in [6, 6.07) is 8.57. The van der Waals surface area contributed by atoms with E-state index in [4.69, 9.17) is 21.1 Å². The van der Waals surface area contributed by atoms with Crippen LogP contribution in [0.3, 0.4) is 0 Å². The van der Waals surface area contributed by atoms with Crippen molar-refractivity contribution in [3.05, 3.63) is 35.4 Å². The maximum Gasteiger partial charge on any atom is 0.196 e. The average molecular weight is 269 g/mol. The molecular weight excluding hydrogens is 248 g/mol. The Bertz CT molecular complexity index is 355. The molecule has 0 amide bonds. The van der Waals surface area contributed by atoms with Crippen LogP contribution in [0.4, 0.5) is 0 Å². The monoisotopic (exact) mass is 268 g/mol. The van der Waals surface area contributed by atoms with Gasteiger partial charge in [0.15, 0.2) is 5.79 Å². The fraction of sp³-hybridized carbons (Fsp3) is 0.600. The van der Waals surface area contributed by atoms with E-state index in [1.807, 2.05) is 0 Å². The summed E-state index contributed by atoms with van der Waals surface area (Å²) in [5, 5.41) is 0. The molecule has 2 nitrogen and oxygen atoms in total. The molecule has 0 aromatic heterocycles. The van der Waals surface area contributed by atoms with Crippen LogP contribution in [0.15, 0.2) is 24.3 Å². The second-order valence-corrected chi connectivity index (χ2v) is 5.07. The lowest BCUT2D eigenvalue weighted by atomic mass is 10.00. The van der Waals surface area contributed by atoms with Crippen molar-refractivity contribution < 1.29 is 9.47 Å². The molecule has 3 heteroatoms. The molecule has 0 aliphatic carbocycles. The molecule has 1 saturated heterocycles. The van der Waals surface area contributed by atoms with E-state index in [0.717, 1.165) is 12.0 Å². The van der Waals surface area contributed by atoms with E-state index in [1.54, 1.807) is 0 Å². The van der Waals surface area contributed by atoms with Gasteiger partial charge in [-0.05, 0) is 18.4 Å². The van der Waals surface area contributed by atoms with Crippen LogP contribution < -0.4 is 0 Å². The van der Waals surface area contributed by atoms with E-state index in [0.29, 0.717) is 25.5 Å². The summed E-state index contributed by atoms with van der Waals surface area (Å²) < 4.78 is 11.6. The highest BCUT2D eigenvalue weighted by atomic mass is 35.5. The Morgan fingerprint density at radius 2 is 1.83 bits per heavy atom. The molecule has 0 N–H and O–H groups in total. The minimum Gasteiger partial charge on any atom is -0.343 e. The number of aryl methyl sites for hydroxylation is 1. The van der Waals surface area contributed by atoms with Gasteiger partial charge in [0.1, 0.15) is 0 Å². The highest BCUT2D eigenvalue weighted by molar-refractivity contribution is 6.17. The summed E-state index contributed by atoms with van der Waals surface area (Å²) in [4.78, 5) is 0. The minimum absolute atomic E-state index is 0.539. The molecule has 1 aromatic rings. The zero-order valence-electron chi connectivity index (χ0n) is 11.0. The second-order valence-electron chi connectivity index (χ2n) is 4.69. The van der Waals surface area contributed by atoms with Crippen molar-refractivity contribution in [3.63, 3.8) is 0 Å². The second kappa shape index (κ2) is 6.55. The molecule has 1 aromatic carbocycles. The quantitative estimate of drug-likeness (QED) is 0.730. The van der Waals surface area contributed by atoms with Gasteiger partial charge in [-0.3, -0.25) is 0 Å². The van der Waals surface area contributed by atoms with Crippen molar-refractivity contribution in [2.75, 3.05) is 19.1 Å². The van der Waals surface area contributed by atoms with E-state index in [9.17, 15) is 0 Å². The fourth-order valence-corrected chi connectivity index (χ4v) is 2.59. The molecule has 0 radical (unpaired) electrons. The lowest BCUT2D eigenvalue weighted by molar-refractivity contribution is -0.166. The third-order valence-corrected chi connectivity index (χ3v) is 3.58. The van der Waals surface area contributed by atoms with Crippen LogP contribution >= 0.6 is 11.6 Å². The van der Waals surface area contributed by atoms with Gasteiger partial charge in [-0.2, -0.15) is 0 Å². The molecule has 0 unspecified atom stereocenters. The third kappa shape index (κ3) is 3.05. The number of hydrogen-bond donors (Lipinski definition) is 0. The molecular formula is C15H21ClO2. The van der Waals surface area contributed by atoms with Gasteiger partial charge in [-0.25, -0.2) is 0 Å². The first-order valence-electron chi connectivity index (χ1n) is 6.74. The van der Waals surface area contributed by atoms with Gasteiger partial charge in [0, 0.05) is 17.9 Å². The van der Waals surface area contributed by atoms with E-state index in [1.165, 1.54) is 18.4 Å². The number of unbranched alkanes of at least 4 members (excludes halogenated alkanes) is 1. The van der Waals surface area contributed by atoms with Crippen LogP contribution in [-0.4, -0.2) is 19.1 Å². The Morgan fingerprint density at radius 3 is 2.39 bits per heavy atom. The Morgan fingerprint density at radius 1 is 1.17 bits per heavy atom. The maximum absolute atomic E-state index is 5.86. The van der Waals surface area contributed by atoms with Crippen LogP contribution in [-0.2, 0) is 21.7 Å². The van der Waals surface area contributed by atoms with Crippen molar-refractivity contribution in [1.29, 1.82) is 0 Å². The van der Waals surface area contributed by atoms with Crippen LogP contribution in [0.25, 0.3) is 0 Å². The topological polar surface area (TPSA) is 18.5 Å². The van der Waals surface area contributed by atoms with Crippen LogP contribution in [0, 0.1) is 0 Å². The Labute approximate surface area is 114 Å². The summed E-state index contributed by atoms with van der Waals surface area (Å²) in [7, 11) is 0. The molecule has 100 valence electrons. The molecule has 1 heterocycles. The van der Waals surface area contributed by atoms with E-state index < -0.39 is 5.79 Å². The zero-order chi connectivity index (χ0) is 12.8. The van der Waals surface area contributed by atoms with E-state index >= 15 is 0 Å². The number of halogens is 1.